The normalized spacial score (nSPS) is 32.9. The minimum atomic E-state index is 0. The lowest BCUT2D eigenvalue weighted by molar-refractivity contribution is -0.171. The predicted molar refractivity (Wildman–Crippen MR) is 125 cm³/mol. The first-order chi connectivity index (χ1) is 13.2. The van der Waals surface area contributed by atoms with E-state index in [-0.39, 0.29) is 24.0 Å². The van der Waals surface area contributed by atoms with Gasteiger partial charge in [0.25, 0.3) is 0 Å². The summed E-state index contributed by atoms with van der Waals surface area (Å²) in [6.07, 6.45) is 6.73. The molecule has 28 heavy (non-hydrogen) atoms. The maximum atomic E-state index is 6.15. The van der Waals surface area contributed by atoms with Crippen LogP contribution in [-0.2, 0) is 4.74 Å². The Morgan fingerprint density at radius 1 is 1.29 bits per heavy atom. The van der Waals surface area contributed by atoms with Crippen LogP contribution in [-0.4, -0.2) is 50.9 Å². The highest BCUT2D eigenvalue weighted by atomic mass is 127. The number of benzene rings is 1. The zero-order chi connectivity index (χ0) is 18.4. The van der Waals surface area contributed by atoms with Gasteiger partial charge in [0.2, 0.25) is 0 Å². The van der Waals surface area contributed by atoms with Crippen LogP contribution in [0.4, 0.5) is 5.69 Å². The van der Waals surface area contributed by atoms with Crippen LogP contribution in [0.1, 0.15) is 32.1 Å². The lowest BCUT2D eigenvalue weighted by Gasteiger charge is -2.63. The van der Waals surface area contributed by atoms with Crippen LogP contribution in [0.15, 0.2) is 29.3 Å². The maximum absolute atomic E-state index is 6.15. The van der Waals surface area contributed by atoms with Crippen LogP contribution >= 0.6 is 35.6 Å². The van der Waals surface area contributed by atoms with Crippen molar-refractivity contribution in [1.29, 1.82) is 0 Å². The molecule has 2 saturated carbocycles. The SMILES string of the molecule is CN=C(NC1CCN(c2cccc(Cl)c2)C1)NC1C2CCOC2C12CCC2.I. The summed E-state index contributed by atoms with van der Waals surface area (Å²) >= 11 is 6.15. The van der Waals surface area contributed by atoms with E-state index in [1.807, 2.05) is 25.2 Å². The monoisotopic (exact) mass is 516 g/mol. The van der Waals surface area contributed by atoms with E-state index in [0.717, 1.165) is 37.1 Å². The first kappa shape index (κ1) is 20.5. The van der Waals surface area contributed by atoms with Gasteiger partial charge in [-0.1, -0.05) is 24.1 Å². The Kier molecular flexibility index (Phi) is 6.00. The van der Waals surface area contributed by atoms with Gasteiger partial charge in [-0.25, -0.2) is 0 Å². The first-order valence-corrected chi connectivity index (χ1v) is 10.7. The fourth-order valence-electron chi connectivity index (χ4n) is 5.75. The predicted octanol–water partition coefficient (Wildman–Crippen LogP) is 3.66. The van der Waals surface area contributed by atoms with Crippen LogP contribution in [0.25, 0.3) is 0 Å². The number of nitrogens with one attached hydrogen (secondary N) is 2. The molecule has 2 aliphatic carbocycles. The topological polar surface area (TPSA) is 48.9 Å². The molecule has 1 aromatic carbocycles. The third-order valence-corrected chi connectivity index (χ3v) is 7.49. The van der Waals surface area contributed by atoms with E-state index in [4.69, 9.17) is 16.3 Å². The highest BCUT2D eigenvalue weighted by Gasteiger charge is 2.66. The van der Waals surface area contributed by atoms with Crippen molar-refractivity contribution in [3.8, 4) is 0 Å². The van der Waals surface area contributed by atoms with Gasteiger partial charge < -0.3 is 20.3 Å². The average molecular weight is 517 g/mol. The zero-order valence-corrected chi connectivity index (χ0v) is 19.5. The molecule has 2 N–H and O–H groups in total. The number of hydrogen-bond acceptors (Lipinski definition) is 3. The fourth-order valence-corrected chi connectivity index (χ4v) is 5.94. The Hall–Kier alpha value is -0.730. The van der Waals surface area contributed by atoms with E-state index >= 15 is 0 Å². The molecule has 7 heteroatoms. The Balaban J connectivity index is 0.00000192. The molecule has 154 valence electrons. The van der Waals surface area contributed by atoms with Crippen molar-refractivity contribution >= 4 is 47.2 Å². The lowest BCUT2D eigenvalue weighted by Crippen LogP contribution is -2.72. The summed E-state index contributed by atoms with van der Waals surface area (Å²) in [5, 5.41) is 8.24. The number of guanidine groups is 1. The fraction of sp³-hybridized carbons (Fsp3) is 0.667. The number of ether oxygens (including phenoxy) is 1. The standard InChI is InChI=1S/C21H29ClN4O.HI/c1-23-20(25-18-17-7-11-27-19(17)21(18)8-3-9-21)24-15-6-10-26(13-15)16-5-2-4-14(22)12-16;/h2,4-5,12,15,17-19H,3,6-11,13H2,1H3,(H2,23,24,25);1H. The van der Waals surface area contributed by atoms with Crippen molar-refractivity contribution in [2.45, 2.75) is 50.3 Å². The van der Waals surface area contributed by atoms with Crippen LogP contribution in [0.2, 0.25) is 5.02 Å². The molecule has 2 saturated heterocycles. The number of fused-ring (bicyclic) bond motifs is 2. The van der Waals surface area contributed by atoms with Gasteiger partial charge in [0.05, 0.1) is 6.10 Å². The van der Waals surface area contributed by atoms with Crippen LogP contribution < -0.4 is 15.5 Å². The summed E-state index contributed by atoms with van der Waals surface area (Å²) in [6, 6.07) is 9.06. The van der Waals surface area contributed by atoms with Crippen molar-refractivity contribution < 1.29 is 4.74 Å². The van der Waals surface area contributed by atoms with E-state index in [1.165, 1.54) is 31.4 Å². The summed E-state index contributed by atoms with van der Waals surface area (Å²) in [5.74, 6) is 1.62. The van der Waals surface area contributed by atoms with Gasteiger partial charge in [-0.2, -0.15) is 0 Å². The largest absolute Gasteiger partial charge is 0.377 e. The van der Waals surface area contributed by atoms with Crippen molar-refractivity contribution in [3.63, 3.8) is 0 Å². The smallest absolute Gasteiger partial charge is 0.191 e. The van der Waals surface area contributed by atoms with Gasteiger partial charge in [-0.3, -0.25) is 4.99 Å². The summed E-state index contributed by atoms with van der Waals surface area (Å²) in [5.41, 5.74) is 1.58. The van der Waals surface area contributed by atoms with Crippen LogP contribution in [0.3, 0.4) is 0 Å². The van der Waals surface area contributed by atoms with Gasteiger partial charge in [-0.15, -0.1) is 24.0 Å². The van der Waals surface area contributed by atoms with Gasteiger partial charge in [0.15, 0.2) is 5.96 Å². The Morgan fingerprint density at radius 2 is 2.14 bits per heavy atom. The number of hydrogen-bond donors (Lipinski definition) is 2. The molecule has 2 heterocycles. The Labute approximate surface area is 189 Å². The molecule has 5 nitrogen and oxygen atoms in total. The van der Waals surface area contributed by atoms with E-state index in [1.54, 1.807) is 0 Å². The molecule has 0 bridgehead atoms. The van der Waals surface area contributed by atoms with Crippen molar-refractivity contribution in [3.05, 3.63) is 29.3 Å². The third kappa shape index (κ3) is 3.39. The summed E-state index contributed by atoms with van der Waals surface area (Å²) in [7, 11) is 1.88. The maximum Gasteiger partial charge on any atom is 0.191 e. The minimum Gasteiger partial charge on any atom is -0.377 e. The van der Waals surface area contributed by atoms with E-state index < -0.39 is 0 Å². The summed E-state index contributed by atoms with van der Waals surface area (Å²) < 4.78 is 6.04. The molecular weight excluding hydrogens is 487 g/mol. The van der Waals surface area contributed by atoms with Crippen molar-refractivity contribution in [1.82, 2.24) is 10.6 Å². The number of aliphatic imine (C=N–C) groups is 1. The highest BCUT2D eigenvalue weighted by Crippen LogP contribution is 2.62. The summed E-state index contributed by atoms with van der Waals surface area (Å²) in [6.45, 7) is 2.95. The van der Waals surface area contributed by atoms with Gasteiger partial charge in [0, 0.05) is 60.9 Å². The molecule has 0 radical (unpaired) electrons. The quantitative estimate of drug-likeness (QED) is 0.366. The average Bonchev–Trinajstić information content (AvgIpc) is 3.25. The molecule has 1 spiro atoms. The second kappa shape index (κ2) is 8.19. The van der Waals surface area contributed by atoms with Crippen LogP contribution in [0.5, 0.6) is 0 Å². The lowest BCUT2D eigenvalue weighted by atomic mass is 9.46. The zero-order valence-electron chi connectivity index (χ0n) is 16.4. The highest BCUT2D eigenvalue weighted by molar-refractivity contribution is 14.0. The molecule has 0 aromatic heterocycles. The number of nitrogens with zero attached hydrogens (tertiary/aromatic N) is 2. The molecule has 5 rings (SSSR count). The molecule has 4 aliphatic rings. The van der Waals surface area contributed by atoms with Crippen molar-refractivity contribution in [2.24, 2.45) is 16.3 Å². The second-order valence-electron chi connectivity index (χ2n) is 8.58. The van der Waals surface area contributed by atoms with Gasteiger partial charge >= 0.3 is 0 Å². The van der Waals surface area contributed by atoms with E-state index in [2.05, 4.69) is 26.6 Å². The number of anilines is 1. The number of rotatable bonds is 3. The molecule has 4 atom stereocenters. The third-order valence-electron chi connectivity index (χ3n) is 7.25. The molecule has 4 unspecified atom stereocenters. The van der Waals surface area contributed by atoms with E-state index in [0.29, 0.717) is 29.5 Å². The number of halogens is 2. The molecule has 4 fully saturated rings. The molecule has 0 amide bonds. The summed E-state index contributed by atoms with van der Waals surface area (Å²) in [4.78, 5) is 6.93. The van der Waals surface area contributed by atoms with Gasteiger partial charge in [0.1, 0.15) is 0 Å². The molecule has 1 aromatic rings. The minimum absolute atomic E-state index is 0. The first-order valence-electron chi connectivity index (χ1n) is 10.3. The second-order valence-corrected chi connectivity index (χ2v) is 9.02. The molecular formula is C21H30ClIN4O. The van der Waals surface area contributed by atoms with E-state index in [9.17, 15) is 0 Å². The Bertz CT molecular complexity index is 741. The van der Waals surface area contributed by atoms with Crippen LogP contribution in [0, 0.1) is 11.3 Å². The Morgan fingerprint density at radius 3 is 2.86 bits per heavy atom. The molecule has 2 aliphatic heterocycles. The van der Waals surface area contributed by atoms with Gasteiger partial charge in [-0.05, 0) is 43.9 Å². The van der Waals surface area contributed by atoms with Crippen molar-refractivity contribution in [2.75, 3.05) is 31.6 Å².